The van der Waals surface area contributed by atoms with Crippen molar-refractivity contribution in [3.8, 4) is 0 Å². The summed E-state index contributed by atoms with van der Waals surface area (Å²) in [5.74, 6) is 0. The average molecular weight is 282 g/mol. The van der Waals surface area contributed by atoms with Crippen molar-refractivity contribution in [1.29, 1.82) is 0 Å². The summed E-state index contributed by atoms with van der Waals surface area (Å²) in [6, 6.07) is 6.72. The predicted octanol–water partition coefficient (Wildman–Crippen LogP) is 3.12. The summed E-state index contributed by atoms with van der Waals surface area (Å²) in [5, 5.41) is 2.97. The van der Waals surface area contributed by atoms with Crippen molar-refractivity contribution in [2.75, 3.05) is 19.6 Å². The number of halogens is 2. The van der Waals surface area contributed by atoms with E-state index in [0.29, 0.717) is 0 Å². The molecule has 20 heavy (non-hydrogen) atoms. The fourth-order valence-electron chi connectivity index (χ4n) is 2.89. The molecule has 2 rings (SSSR count). The Bertz CT molecular complexity index is 434. The Kier molecular flexibility index (Phi) is 5.49. The van der Waals surface area contributed by atoms with Gasteiger partial charge in [0, 0.05) is 19.1 Å². The Labute approximate surface area is 120 Å². The second kappa shape index (κ2) is 7.14. The zero-order chi connectivity index (χ0) is 14.5. The highest BCUT2D eigenvalue weighted by molar-refractivity contribution is 5.30. The van der Waals surface area contributed by atoms with Gasteiger partial charge in [-0.25, -0.2) is 8.78 Å². The van der Waals surface area contributed by atoms with Gasteiger partial charge in [0.15, 0.2) is 0 Å². The fourth-order valence-corrected chi connectivity index (χ4v) is 2.89. The highest BCUT2D eigenvalue weighted by atomic mass is 19.3. The van der Waals surface area contributed by atoms with Gasteiger partial charge in [-0.05, 0) is 44.4 Å². The number of likely N-dealkylation sites (tertiary alicyclic amines) is 1. The van der Waals surface area contributed by atoms with Gasteiger partial charge in [0.2, 0.25) is 0 Å². The molecular weight excluding hydrogens is 258 g/mol. The van der Waals surface area contributed by atoms with Crippen LogP contribution >= 0.6 is 0 Å². The van der Waals surface area contributed by atoms with E-state index >= 15 is 0 Å². The summed E-state index contributed by atoms with van der Waals surface area (Å²) in [5.41, 5.74) is 3.93. The minimum atomic E-state index is -2.26. The zero-order valence-corrected chi connectivity index (χ0v) is 12.3. The number of nitrogens with one attached hydrogen (secondary N) is 1. The Morgan fingerprint density at radius 1 is 1.35 bits per heavy atom. The largest absolute Gasteiger partial charge is 0.307 e. The van der Waals surface area contributed by atoms with Gasteiger partial charge in [0.05, 0.1) is 6.54 Å². The maximum absolute atomic E-state index is 12.2. The van der Waals surface area contributed by atoms with Crippen molar-refractivity contribution < 1.29 is 8.78 Å². The first-order valence-electron chi connectivity index (χ1n) is 7.34. The molecule has 1 aromatic rings. The van der Waals surface area contributed by atoms with Gasteiger partial charge in [-0.2, -0.15) is 0 Å². The lowest BCUT2D eigenvalue weighted by atomic mass is 10.0. The number of hydrogen-bond donors (Lipinski definition) is 1. The third-order valence-corrected chi connectivity index (χ3v) is 3.96. The predicted molar refractivity (Wildman–Crippen MR) is 78.2 cm³/mol. The van der Waals surface area contributed by atoms with Crippen LogP contribution in [0.1, 0.15) is 29.5 Å². The van der Waals surface area contributed by atoms with E-state index in [0.717, 1.165) is 32.5 Å². The van der Waals surface area contributed by atoms with E-state index in [9.17, 15) is 8.78 Å². The molecule has 1 saturated heterocycles. The molecule has 1 aliphatic heterocycles. The molecule has 1 heterocycles. The number of rotatable bonds is 5. The van der Waals surface area contributed by atoms with Crippen LogP contribution in [0, 0.1) is 13.8 Å². The summed E-state index contributed by atoms with van der Waals surface area (Å²) < 4.78 is 24.5. The van der Waals surface area contributed by atoms with Crippen LogP contribution in [0.4, 0.5) is 8.78 Å². The molecule has 1 fully saturated rings. The Hall–Kier alpha value is -1.00. The van der Waals surface area contributed by atoms with E-state index in [2.05, 4.69) is 42.3 Å². The van der Waals surface area contributed by atoms with Gasteiger partial charge < -0.3 is 5.32 Å². The Morgan fingerprint density at radius 3 is 2.85 bits per heavy atom. The van der Waals surface area contributed by atoms with Crippen molar-refractivity contribution in [2.45, 2.75) is 45.7 Å². The average Bonchev–Trinajstić information content (AvgIpc) is 2.40. The van der Waals surface area contributed by atoms with Crippen LogP contribution in [0.2, 0.25) is 0 Å². The van der Waals surface area contributed by atoms with Crippen molar-refractivity contribution in [3.05, 3.63) is 34.9 Å². The monoisotopic (exact) mass is 282 g/mol. The van der Waals surface area contributed by atoms with Crippen molar-refractivity contribution in [2.24, 2.45) is 0 Å². The van der Waals surface area contributed by atoms with Crippen LogP contribution in [0.3, 0.4) is 0 Å². The van der Waals surface area contributed by atoms with E-state index in [-0.39, 0.29) is 12.6 Å². The zero-order valence-electron chi connectivity index (χ0n) is 12.3. The highest BCUT2D eigenvalue weighted by Gasteiger charge is 2.20. The van der Waals surface area contributed by atoms with E-state index in [1.54, 1.807) is 0 Å². The molecule has 112 valence electrons. The third kappa shape index (κ3) is 4.53. The van der Waals surface area contributed by atoms with Gasteiger partial charge in [-0.15, -0.1) is 0 Å². The van der Waals surface area contributed by atoms with E-state index in [1.165, 1.54) is 16.7 Å². The lowest BCUT2D eigenvalue weighted by Crippen LogP contribution is -2.46. The summed E-state index contributed by atoms with van der Waals surface area (Å²) in [7, 11) is 0. The van der Waals surface area contributed by atoms with E-state index in [1.807, 2.05) is 0 Å². The van der Waals surface area contributed by atoms with Gasteiger partial charge in [-0.1, -0.05) is 23.8 Å². The molecule has 1 aromatic carbocycles. The van der Waals surface area contributed by atoms with Crippen molar-refractivity contribution >= 4 is 0 Å². The molecule has 0 bridgehead atoms. The van der Waals surface area contributed by atoms with Crippen molar-refractivity contribution in [3.63, 3.8) is 0 Å². The maximum atomic E-state index is 12.2. The fraction of sp³-hybridized carbons (Fsp3) is 0.625. The van der Waals surface area contributed by atoms with Crippen LogP contribution in [-0.4, -0.2) is 37.0 Å². The summed E-state index contributed by atoms with van der Waals surface area (Å²) in [4.78, 5) is 2.37. The van der Waals surface area contributed by atoms with Crippen LogP contribution < -0.4 is 5.32 Å². The van der Waals surface area contributed by atoms with Gasteiger partial charge in [0.25, 0.3) is 6.43 Å². The molecule has 0 amide bonds. The first-order valence-corrected chi connectivity index (χ1v) is 7.34. The number of nitrogens with zero attached hydrogens (tertiary/aromatic N) is 1. The molecule has 4 heteroatoms. The molecule has 0 saturated carbocycles. The minimum Gasteiger partial charge on any atom is -0.307 e. The lowest BCUT2D eigenvalue weighted by molar-refractivity contribution is 0.124. The van der Waals surface area contributed by atoms with Gasteiger partial charge in [-0.3, -0.25) is 4.90 Å². The van der Waals surface area contributed by atoms with Crippen LogP contribution in [0.5, 0.6) is 0 Å². The normalized spacial score (nSPS) is 20.6. The van der Waals surface area contributed by atoms with Crippen molar-refractivity contribution in [1.82, 2.24) is 10.2 Å². The van der Waals surface area contributed by atoms with Crippen LogP contribution in [-0.2, 0) is 6.54 Å². The smallest absolute Gasteiger partial charge is 0.250 e. The maximum Gasteiger partial charge on any atom is 0.250 e. The Morgan fingerprint density at radius 2 is 2.15 bits per heavy atom. The third-order valence-electron chi connectivity index (χ3n) is 3.96. The first-order chi connectivity index (χ1) is 9.54. The molecule has 0 aromatic heterocycles. The number of aryl methyl sites for hydroxylation is 2. The van der Waals surface area contributed by atoms with E-state index in [4.69, 9.17) is 0 Å². The van der Waals surface area contributed by atoms with Gasteiger partial charge in [0.1, 0.15) is 0 Å². The molecule has 1 atom stereocenters. The minimum absolute atomic E-state index is 0.192. The molecule has 0 radical (unpaired) electrons. The number of alkyl halides is 2. The number of piperidine rings is 1. The topological polar surface area (TPSA) is 15.3 Å². The summed E-state index contributed by atoms with van der Waals surface area (Å²) in [6.45, 7) is 6.88. The summed E-state index contributed by atoms with van der Waals surface area (Å²) in [6.07, 6.45) is -0.188. The number of benzene rings is 1. The molecule has 0 aliphatic carbocycles. The molecular formula is C16H24F2N2. The molecule has 0 spiro atoms. The molecule has 1 aliphatic rings. The Balaban J connectivity index is 1.89. The SMILES string of the molecule is Cc1ccc(CN2CCCC(NCC(F)F)C2)c(C)c1. The number of hydrogen-bond acceptors (Lipinski definition) is 2. The first kappa shape index (κ1) is 15.4. The van der Waals surface area contributed by atoms with Gasteiger partial charge >= 0.3 is 0 Å². The van der Waals surface area contributed by atoms with E-state index < -0.39 is 6.43 Å². The highest BCUT2D eigenvalue weighted by Crippen LogP contribution is 2.17. The van der Waals surface area contributed by atoms with Crippen LogP contribution in [0.15, 0.2) is 18.2 Å². The second-order valence-electron chi connectivity index (χ2n) is 5.80. The second-order valence-corrected chi connectivity index (χ2v) is 5.80. The lowest BCUT2D eigenvalue weighted by Gasteiger charge is -2.33. The van der Waals surface area contributed by atoms with Crippen LogP contribution in [0.25, 0.3) is 0 Å². The summed E-state index contributed by atoms with van der Waals surface area (Å²) >= 11 is 0. The molecule has 2 nitrogen and oxygen atoms in total. The standard InChI is InChI=1S/C16H24F2N2/c1-12-5-6-14(13(2)8-12)10-20-7-3-4-15(11-20)19-9-16(17)18/h5-6,8,15-16,19H,3-4,7,9-11H2,1-2H3. The molecule has 1 unspecified atom stereocenters. The molecule has 1 N–H and O–H groups in total. The quantitative estimate of drug-likeness (QED) is 0.892.